The lowest BCUT2D eigenvalue weighted by Crippen LogP contribution is -2.43. The summed E-state index contributed by atoms with van der Waals surface area (Å²) in [6, 6.07) is 11.0. The number of hydrogen-bond acceptors (Lipinski definition) is 4. The summed E-state index contributed by atoms with van der Waals surface area (Å²) in [5.41, 5.74) is 0.769. The molecule has 1 unspecified atom stereocenters. The standard InChI is InChI=1S/C18H20F2N2O3S.ClH/c19-15-6-7-18(16(20)12-15)26(23,24)21-17(14-4-2-1-3-5-14)13-22-8-10-25-11-9-22;/h1-7,12,17,21H,8-11,13H2;1H. The van der Waals surface area contributed by atoms with E-state index in [2.05, 4.69) is 9.62 Å². The maximum atomic E-state index is 14.0. The summed E-state index contributed by atoms with van der Waals surface area (Å²) in [5, 5.41) is 0. The second-order valence-electron chi connectivity index (χ2n) is 6.07. The van der Waals surface area contributed by atoms with Gasteiger partial charge in [-0.15, -0.1) is 12.4 Å². The lowest BCUT2D eigenvalue weighted by atomic mass is 10.1. The van der Waals surface area contributed by atoms with Crippen molar-refractivity contribution >= 4 is 22.4 Å². The first-order chi connectivity index (χ1) is 12.5. The fourth-order valence-electron chi connectivity index (χ4n) is 2.88. The Bertz CT molecular complexity index is 847. The minimum Gasteiger partial charge on any atom is -0.379 e. The number of rotatable bonds is 6. The van der Waals surface area contributed by atoms with Crippen molar-refractivity contribution in [1.82, 2.24) is 9.62 Å². The first-order valence-electron chi connectivity index (χ1n) is 8.28. The van der Waals surface area contributed by atoms with Crippen LogP contribution in [-0.2, 0) is 14.8 Å². The molecule has 2 aromatic rings. The van der Waals surface area contributed by atoms with Gasteiger partial charge in [-0.05, 0) is 17.7 Å². The molecular weight excluding hydrogens is 398 g/mol. The van der Waals surface area contributed by atoms with E-state index in [0.29, 0.717) is 38.9 Å². The van der Waals surface area contributed by atoms with Gasteiger partial charge in [-0.2, -0.15) is 0 Å². The summed E-state index contributed by atoms with van der Waals surface area (Å²) in [7, 11) is -4.16. The SMILES string of the molecule is Cl.O=S(=O)(NC(CN1CCOCC1)c1ccccc1)c1ccc(F)cc1F. The molecule has 2 aromatic carbocycles. The van der Waals surface area contributed by atoms with Crippen molar-refractivity contribution in [2.45, 2.75) is 10.9 Å². The molecule has 0 bridgehead atoms. The predicted octanol–water partition coefficient (Wildman–Crippen LogP) is 2.74. The molecule has 148 valence electrons. The topological polar surface area (TPSA) is 58.6 Å². The van der Waals surface area contributed by atoms with E-state index in [0.717, 1.165) is 17.7 Å². The fraction of sp³-hybridized carbons (Fsp3) is 0.333. The van der Waals surface area contributed by atoms with Gasteiger partial charge in [0.15, 0.2) is 0 Å². The van der Waals surface area contributed by atoms with Gasteiger partial charge in [0.1, 0.15) is 16.5 Å². The highest BCUT2D eigenvalue weighted by atomic mass is 35.5. The van der Waals surface area contributed by atoms with E-state index in [1.54, 1.807) is 0 Å². The van der Waals surface area contributed by atoms with Crippen molar-refractivity contribution in [2.75, 3.05) is 32.8 Å². The van der Waals surface area contributed by atoms with Crippen molar-refractivity contribution in [3.63, 3.8) is 0 Å². The van der Waals surface area contributed by atoms with Crippen LogP contribution in [-0.4, -0.2) is 46.2 Å². The smallest absolute Gasteiger partial charge is 0.244 e. The highest BCUT2D eigenvalue weighted by Gasteiger charge is 2.26. The summed E-state index contributed by atoms with van der Waals surface area (Å²) >= 11 is 0. The van der Waals surface area contributed by atoms with Crippen molar-refractivity contribution in [1.29, 1.82) is 0 Å². The lowest BCUT2D eigenvalue weighted by molar-refractivity contribution is 0.0345. The van der Waals surface area contributed by atoms with Crippen LogP contribution in [0.15, 0.2) is 53.4 Å². The summed E-state index contributed by atoms with van der Waals surface area (Å²) in [6.45, 7) is 2.98. The number of nitrogens with one attached hydrogen (secondary N) is 1. The van der Waals surface area contributed by atoms with Gasteiger partial charge in [0.25, 0.3) is 0 Å². The van der Waals surface area contributed by atoms with Gasteiger partial charge in [0.2, 0.25) is 10.0 Å². The molecule has 1 atom stereocenters. The van der Waals surface area contributed by atoms with Crippen LogP contribution < -0.4 is 4.72 Å². The van der Waals surface area contributed by atoms with Gasteiger partial charge in [0.05, 0.1) is 19.3 Å². The van der Waals surface area contributed by atoms with E-state index in [4.69, 9.17) is 4.74 Å². The van der Waals surface area contributed by atoms with Crippen LogP contribution in [0.1, 0.15) is 11.6 Å². The molecule has 1 N–H and O–H groups in total. The van der Waals surface area contributed by atoms with Crippen LogP contribution in [0.2, 0.25) is 0 Å². The average molecular weight is 419 g/mol. The second-order valence-corrected chi connectivity index (χ2v) is 7.75. The summed E-state index contributed by atoms with van der Waals surface area (Å²) in [5.74, 6) is -1.94. The zero-order valence-corrected chi connectivity index (χ0v) is 16.1. The minimum atomic E-state index is -4.16. The summed E-state index contributed by atoms with van der Waals surface area (Å²) in [4.78, 5) is 1.52. The van der Waals surface area contributed by atoms with E-state index in [9.17, 15) is 17.2 Å². The Morgan fingerprint density at radius 3 is 2.37 bits per heavy atom. The van der Waals surface area contributed by atoms with Crippen molar-refractivity contribution in [2.24, 2.45) is 0 Å². The van der Waals surface area contributed by atoms with Gasteiger partial charge in [0, 0.05) is 25.7 Å². The zero-order chi connectivity index (χ0) is 18.6. The number of benzene rings is 2. The predicted molar refractivity (Wildman–Crippen MR) is 100 cm³/mol. The molecule has 0 radical (unpaired) electrons. The average Bonchev–Trinajstić information content (AvgIpc) is 2.62. The monoisotopic (exact) mass is 418 g/mol. The molecular formula is C18H21ClF2N2O3S. The van der Waals surface area contributed by atoms with E-state index in [1.165, 1.54) is 0 Å². The maximum Gasteiger partial charge on any atom is 0.244 e. The van der Waals surface area contributed by atoms with Gasteiger partial charge in [-0.1, -0.05) is 30.3 Å². The minimum absolute atomic E-state index is 0. The Hall–Kier alpha value is -1.58. The van der Waals surface area contributed by atoms with Crippen LogP contribution in [0, 0.1) is 11.6 Å². The van der Waals surface area contributed by atoms with Crippen molar-refractivity contribution < 1.29 is 21.9 Å². The van der Waals surface area contributed by atoms with E-state index >= 15 is 0 Å². The Kier molecular flexibility index (Phi) is 7.69. The summed E-state index contributed by atoms with van der Waals surface area (Å²) in [6.07, 6.45) is 0. The first kappa shape index (κ1) is 21.7. The van der Waals surface area contributed by atoms with E-state index in [1.807, 2.05) is 30.3 Å². The number of hydrogen-bond donors (Lipinski definition) is 1. The third-order valence-electron chi connectivity index (χ3n) is 4.23. The third-order valence-corrected chi connectivity index (χ3v) is 5.73. The Morgan fingerprint density at radius 1 is 1.07 bits per heavy atom. The van der Waals surface area contributed by atoms with Gasteiger partial charge >= 0.3 is 0 Å². The molecule has 1 aliphatic heterocycles. The highest BCUT2D eigenvalue weighted by Crippen LogP contribution is 2.21. The largest absolute Gasteiger partial charge is 0.379 e. The molecule has 0 aromatic heterocycles. The molecule has 1 saturated heterocycles. The Balaban J connectivity index is 0.00000261. The third kappa shape index (κ3) is 5.70. The fourth-order valence-corrected chi connectivity index (χ4v) is 4.16. The van der Waals surface area contributed by atoms with Gasteiger partial charge in [-0.3, -0.25) is 4.90 Å². The van der Waals surface area contributed by atoms with E-state index < -0.39 is 32.6 Å². The summed E-state index contributed by atoms with van der Waals surface area (Å²) < 4.78 is 60.3. The number of morpholine rings is 1. The Labute approximate surface area is 163 Å². The quantitative estimate of drug-likeness (QED) is 0.783. The molecule has 3 rings (SSSR count). The molecule has 0 saturated carbocycles. The normalized spacial score (nSPS) is 16.5. The van der Waals surface area contributed by atoms with Crippen LogP contribution in [0.3, 0.4) is 0 Å². The second kappa shape index (κ2) is 9.57. The number of ether oxygens (including phenoxy) is 1. The van der Waals surface area contributed by atoms with Crippen LogP contribution in [0.25, 0.3) is 0 Å². The molecule has 0 spiro atoms. The maximum absolute atomic E-state index is 14.0. The van der Waals surface area contributed by atoms with E-state index in [-0.39, 0.29) is 12.4 Å². The molecule has 1 fully saturated rings. The molecule has 0 aliphatic carbocycles. The number of nitrogens with zero attached hydrogens (tertiary/aromatic N) is 1. The van der Waals surface area contributed by atoms with Crippen LogP contribution >= 0.6 is 12.4 Å². The highest BCUT2D eigenvalue weighted by molar-refractivity contribution is 7.89. The van der Waals surface area contributed by atoms with Crippen molar-refractivity contribution in [3.05, 3.63) is 65.7 Å². The molecule has 1 aliphatic rings. The van der Waals surface area contributed by atoms with Crippen molar-refractivity contribution in [3.8, 4) is 0 Å². The van der Waals surface area contributed by atoms with Crippen LogP contribution in [0.5, 0.6) is 0 Å². The zero-order valence-electron chi connectivity index (χ0n) is 14.5. The first-order valence-corrected chi connectivity index (χ1v) is 9.76. The number of sulfonamides is 1. The molecule has 27 heavy (non-hydrogen) atoms. The van der Waals surface area contributed by atoms with Crippen LogP contribution in [0.4, 0.5) is 8.78 Å². The lowest BCUT2D eigenvalue weighted by Gasteiger charge is -2.31. The van der Waals surface area contributed by atoms with Gasteiger partial charge < -0.3 is 4.74 Å². The van der Waals surface area contributed by atoms with Gasteiger partial charge in [-0.25, -0.2) is 21.9 Å². The molecule has 0 amide bonds. The Morgan fingerprint density at radius 2 is 1.74 bits per heavy atom. The molecule has 1 heterocycles. The molecule has 5 nitrogen and oxygen atoms in total. The number of halogens is 3. The molecule has 9 heteroatoms.